The Bertz CT molecular complexity index is 127. The third-order valence-corrected chi connectivity index (χ3v) is 1.90. The molecule has 0 aromatic carbocycles. The molecule has 0 spiro atoms. The topological polar surface area (TPSA) is 27.7 Å². The monoisotopic (exact) mass is 232 g/mol. The number of hydrogen-bond acceptors (Lipinski definition) is 3. The van der Waals surface area contributed by atoms with Crippen molar-refractivity contribution in [2.45, 2.75) is 59.9 Å². The van der Waals surface area contributed by atoms with Crippen LogP contribution in [0.5, 0.6) is 0 Å². The lowest BCUT2D eigenvalue weighted by Gasteiger charge is -2.21. The molecule has 0 N–H and O–H groups in total. The van der Waals surface area contributed by atoms with Crippen molar-refractivity contribution in [3.63, 3.8) is 0 Å². The van der Waals surface area contributed by atoms with E-state index in [0.29, 0.717) is 19.1 Å². The minimum atomic E-state index is 0.0483. The van der Waals surface area contributed by atoms with Crippen LogP contribution >= 0.6 is 0 Å². The van der Waals surface area contributed by atoms with Crippen molar-refractivity contribution >= 4 is 0 Å². The molecular weight excluding hydrogens is 204 g/mol. The molecule has 0 saturated heterocycles. The summed E-state index contributed by atoms with van der Waals surface area (Å²) < 4.78 is 16.9. The van der Waals surface area contributed by atoms with Crippen LogP contribution in [0.1, 0.15) is 41.5 Å². The van der Waals surface area contributed by atoms with Crippen LogP contribution in [0.3, 0.4) is 0 Å². The number of ether oxygens (including phenoxy) is 3. The molecule has 0 aliphatic rings. The molecule has 0 unspecified atom stereocenters. The molecule has 0 aliphatic carbocycles. The molecule has 0 fully saturated rings. The van der Waals surface area contributed by atoms with E-state index in [1.807, 2.05) is 27.7 Å². The Balaban J connectivity index is 3.85. The molecule has 3 heteroatoms. The summed E-state index contributed by atoms with van der Waals surface area (Å²) in [6.07, 6.45) is 0.528. The zero-order valence-electron chi connectivity index (χ0n) is 11.7. The molecule has 0 aromatic rings. The molecule has 0 aliphatic heterocycles. The van der Waals surface area contributed by atoms with Crippen molar-refractivity contribution in [1.29, 1.82) is 0 Å². The normalized spacial score (nSPS) is 12.4. The van der Waals surface area contributed by atoms with Gasteiger partial charge in [-0.1, -0.05) is 13.8 Å². The average Bonchev–Trinajstić information content (AvgIpc) is 2.15. The van der Waals surface area contributed by atoms with E-state index in [4.69, 9.17) is 14.2 Å². The van der Waals surface area contributed by atoms with Gasteiger partial charge in [-0.05, 0) is 33.6 Å². The van der Waals surface area contributed by atoms with Gasteiger partial charge in [-0.15, -0.1) is 0 Å². The van der Waals surface area contributed by atoms with Crippen molar-refractivity contribution in [1.82, 2.24) is 0 Å². The molecule has 0 radical (unpaired) electrons. The molecule has 0 saturated carbocycles. The van der Waals surface area contributed by atoms with Crippen molar-refractivity contribution < 1.29 is 14.2 Å². The fourth-order valence-electron chi connectivity index (χ4n) is 1.07. The standard InChI is InChI=1S/C13H28O3/c1-10(2)7-16-13(8-14-11(3)4)9-15-12(5)6/h10-13H,7-9H2,1-6H3. The summed E-state index contributed by atoms with van der Waals surface area (Å²) >= 11 is 0. The Morgan fingerprint density at radius 1 is 0.625 bits per heavy atom. The van der Waals surface area contributed by atoms with Gasteiger partial charge in [0.05, 0.1) is 25.4 Å². The zero-order valence-corrected chi connectivity index (χ0v) is 11.7. The summed E-state index contributed by atoms with van der Waals surface area (Å²) in [5, 5.41) is 0. The van der Waals surface area contributed by atoms with E-state index in [9.17, 15) is 0 Å². The maximum Gasteiger partial charge on any atom is 0.104 e. The third-order valence-electron chi connectivity index (χ3n) is 1.90. The van der Waals surface area contributed by atoms with Crippen molar-refractivity contribution in [2.75, 3.05) is 19.8 Å². The molecule has 0 aromatic heterocycles. The molecule has 16 heavy (non-hydrogen) atoms. The van der Waals surface area contributed by atoms with Gasteiger partial charge in [0.25, 0.3) is 0 Å². The Morgan fingerprint density at radius 2 is 1.06 bits per heavy atom. The van der Waals surface area contributed by atoms with E-state index >= 15 is 0 Å². The van der Waals surface area contributed by atoms with Crippen LogP contribution in [0.2, 0.25) is 0 Å². The second kappa shape index (κ2) is 8.97. The second-order valence-electron chi connectivity index (χ2n) is 5.11. The van der Waals surface area contributed by atoms with Crippen molar-refractivity contribution in [3.05, 3.63) is 0 Å². The molecule has 0 atom stereocenters. The molecule has 0 bridgehead atoms. The number of rotatable bonds is 9. The molecule has 0 rings (SSSR count). The van der Waals surface area contributed by atoms with Crippen molar-refractivity contribution in [2.24, 2.45) is 5.92 Å². The molecule has 0 amide bonds. The quantitative estimate of drug-likeness (QED) is 0.612. The minimum absolute atomic E-state index is 0.0483. The maximum absolute atomic E-state index is 5.75. The Morgan fingerprint density at radius 3 is 1.38 bits per heavy atom. The first-order valence-corrected chi connectivity index (χ1v) is 6.26. The van der Waals surface area contributed by atoms with E-state index < -0.39 is 0 Å². The lowest BCUT2D eigenvalue weighted by atomic mass is 10.2. The summed E-state index contributed by atoms with van der Waals surface area (Å²) in [4.78, 5) is 0. The fourth-order valence-corrected chi connectivity index (χ4v) is 1.07. The van der Waals surface area contributed by atoms with Gasteiger partial charge in [0.1, 0.15) is 6.10 Å². The highest BCUT2D eigenvalue weighted by Crippen LogP contribution is 2.03. The zero-order chi connectivity index (χ0) is 12.6. The predicted molar refractivity (Wildman–Crippen MR) is 66.8 cm³/mol. The second-order valence-corrected chi connectivity index (χ2v) is 5.11. The Labute approximate surface area is 100 Å². The predicted octanol–water partition coefficient (Wildman–Crippen LogP) is 2.88. The first-order valence-electron chi connectivity index (χ1n) is 6.26. The highest BCUT2D eigenvalue weighted by atomic mass is 16.6. The van der Waals surface area contributed by atoms with E-state index in [-0.39, 0.29) is 18.3 Å². The lowest BCUT2D eigenvalue weighted by molar-refractivity contribution is -0.0865. The molecule has 0 heterocycles. The van der Waals surface area contributed by atoms with Gasteiger partial charge in [0.15, 0.2) is 0 Å². The first kappa shape index (κ1) is 15.9. The highest BCUT2D eigenvalue weighted by Gasteiger charge is 2.12. The van der Waals surface area contributed by atoms with Crippen LogP contribution in [-0.4, -0.2) is 38.1 Å². The summed E-state index contributed by atoms with van der Waals surface area (Å²) in [5.74, 6) is 0.542. The Kier molecular flexibility index (Phi) is 8.90. The number of hydrogen-bond donors (Lipinski definition) is 0. The van der Waals surface area contributed by atoms with Gasteiger partial charge >= 0.3 is 0 Å². The molecular formula is C13H28O3. The summed E-state index contributed by atoms with van der Waals surface area (Å²) in [6, 6.07) is 0. The SMILES string of the molecule is CC(C)COC(COC(C)C)COC(C)C. The van der Waals surface area contributed by atoms with Gasteiger partial charge in [0.2, 0.25) is 0 Å². The van der Waals surface area contributed by atoms with Gasteiger partial charge in [-0.25, -0.2) is 0 Å². The lowest BCUT2D eigenvalue weighted by Crippen LogP contribution is -2.29. The van der Waals surface area contributed by atoms with E-state index in [0.717, 1.165) is 6.61 Å². The maximum atomic E-state index is 5.75. The molecule has 3 nitrogen and oxygen atoms in total. The van der Waals surface area contributed by atoms with Crippen LogP contribution in [0, 0.1) is 5.92 Å². The van der Waals surface area contributed by atoms with Gasteiger partial charge in [0, 0.05) is 6.61 Å². The first-order chi connectivity index (χ1) is 7.41. The summed E-state index contributed by atoms with van der Waals surface area (Å²) in [5.41, 5.74) is 0. The largest absolute Gasteiger partial charge is 0.376 e. The van der Waals surface area contributed by atoms with Gasteiger partial charge < -0.3 is 14.2 Å². The average molecular weight is 232 g/mol. The van der Waals surface area contributed by atoms with Gasteiger partial charge in [-0.2, -0.15) is 0 Å². The highest BCUT2D eigenvalue weighted by molar-refractivity contribution is 4.58. The summed E-state index contributed by atoms with van der Waals surface area (Å²) in [7, 11) is 0. The fraction of sp³-hybridized carbons (Fsp3) is 1.00. The van der Waals surface area contributed by atoms with E-state index in [1.54, 1.807) is 0 Å². The Hall–Kier alpha value is -0.120. The smallest absolute Gasteiger partial charge is 0.104 e. The molecule has 98 valence electrons. The van der Waals surface area contributed by atoms with Crippen LogP contribution in [0.25, 0.3) is 0 Å². The van der Waals surface area contributed by atoms with E-state index in [2.05, 4.69) is 13.8 Å². The minimum Gasteiger partial charge on any atom is -0.376 e. The van der Waals surface area contributed by atoms with E-state index in [1.165, 1.54) is 0 Å². The summed E-state index contributed by atoms with van der Waals surface area (Å²) in [6.45, 7) is 14.4. The van der Waals surface area contributed by atoms with Crippen molar-refractivity contribution in [3.8, 4) is 0 Å². The van der Waals surface area contributed by atoms with Crippen LogP contribution in [-0.2, 0) is 14.2 Å². The van der Waals surface area contributed by atoms with Crippen LogP contribution in [0.4, 0.5) is 0 Å². The van der Waals surface area contributed by atoms with Crippen LogP contribution in [0.15, 0.2) is 0 Å². The van der Waals surface area contributed by atoms with Gasteiger partial charge in [-0.3, -0.25) is 0 Å². The third kappa shape index (κ3) is 10.4. The van der Waals surface area contributed by atoms with Crippen LogP contribution < -0.4 is 0 Å².